The predicted octanol–water partition coefficient (Wildman–Crippen LogP) is 2.56. The van der Waals surface area contributed by atoms with E-state index in [9.17, 15) is 0 Å². The molecule has 134 valence electrons. The van der Waals surface area contributed by atoms with Gasteiger partial charge in [-0.05, 0) is 68.2 Å². The molecule has 5 heteroatoms. The minimum absolute atomic E-state index is 0.399. The standard InChI is InChI=1S/C21H23N3OS/c26-21-22-19-7-6-18(15-20(19)23-21)25-13-12-24-10-8-17(9-11-24)14-16-4-2-1-3-5-16/h1-7,15,17H,8-14H2. The zero-order valence-corrected chi connectivity index (χ0v) is 15.6. The maximum atomic E-state index is 5.91. The molecule has 0 bridgehead atoms. The summed E-state index contributed by atoms with van der Waals surface area (Å²) in [5.41, 5.74) is 1.46. The molecule has 0 radical (unpaired) electrons. The molecule has 4 nitrogen and oxygen atoms in total. The molecule has 0 spiro atoms. The highest BCUT2D eigenvalue weighted by atomic mass is 32.1. The van der Waals surface area contributed by atoms with Crippen molar-refractivity contribution in [3.05, 3.63) is 64.8 Å². The van der Waals surface area contributed by atoms with Gasteiger partial charge in [-0.3, -0.25) is 4.90 Å². The average Bonchev–Trinajstić information content (AvgIpc) is 3.03. The smallest absolute Gasteiger partial charge is 0.220 e. The number of likely N-dealkylation sites (tertiary alicyclic amines) is 1. The van der Waals surface area contributed by atoms with E-state index >= 15 is 0 Å². The van der Waals surface area contributed by atoms with E-state index in [4.69, 9.17) is 17.0 Å². The molecule has 2 aliphatic rings. The summed E-state index contributed by atoms with van der Waals surface area (Å²) in [4.78, 5) is 10.9. The molecule has 2 heterocycles. The second-order valence-electron chi connectivity index (χ2n) is 6.98. The van der Waals surface area contributed by atoms with Crippen LogP contribution in [-0.4, -0.2) is 36.3 Å². The minimum atomic E-state index is 0.399. The third-order valence-corrected chi connectivity index (χ3v) is 5.31. The molecule has 2 aromatic carbocycles. The lowest BCUT2D eigenvalue weighted by molar-refractivity contribution is 0.155. The number of ether oxygens (including phenoxy) is 1. The number of fused-ring (bicyclic) bond motifs is 1. The summed E-state index contributed by atoms with van der Waals surface area (Å²) in [6, 6.07) is 16.6. The zero-order valence-electron chi connectivity index (χ0n) is 14.8. The first-order valence-corrected chi connectivity index (χ1v) is 9.68. The summed E-state index contributed by atoms with van der Waals surface area (Å²) in [6.45, 7) is 3.99. The van der Waals surface area contributed by atoms with Crippen molar-refractivity contribution < 1.29 is 4.74 Å². The van der Waals surface area contributed by atoms with Crippen LogP contribution in [0.1, 0.15) is 18.4 Å². The molecule has 0 aromatic heterocycles. The summed E-state index contributed by atoms with van der Waals surface area (Å²) < 4.78 is 5.91. The van der Waals surface area contributed by atoms with Crippen LogP contribution < -0.4 is 15.5 Å². The molecule has 0 N–H and O–H groups in total. The van der Waals surface area contributed by atoms with Gasteiger partial charge in [0.15, 0.2) is 0 Å². The molecule has 1 fully saturated rings. The minimum Gasteiger partial charge on any atom is -0.492 e. The van der Waals surface area contributed by atoms with Crippen molar-refractivity contribution in [2.75, 3.05) is 26.2 Å². The van der Waals surface area contributed by atoms with Crippen molar-refractivity contribution in [2.45, 2.75) is 19.3 Å². The largest absolute Gasteiger partial charge is 0.492 e. The number of hydrogen-bond donors (Lipinski definition) is 0. The van der Waals surface area contributed by atoms with Gasteiger partial charge in [0.05, 0.1) is 10.7 Å². The lowest BCUT2D eigenvalue weighted by Crippen LogP contribution is -2.37. The van der Waals surface area contributed by atoms with E-state index < -0.39 is 0 Å². The number of rotatable bonds is 6. The third kappa shape index (κ3) is 4.34. The number of hydrogen-bond acceptors (Lipinski definition) is 3. The van der Waals surface area contributed by atoms with Gasteiger partial charge >= 0.3 is 0 Å². The van der Waals surface area contributed by atoms with E-state index in [1.807, 2.05) is 18.2 Å². The Morgan fingerprint density at radius 1 is 1.00 bits per heavy atom. The Morgan fingerprint density at radius 3 is 2.58 bits per heavy atom. The normalized spacial score (nSPS) is 17.5. The summed E-state index contributed by atoms with van der Waals surface area (Å²) in [6.07, 6.45) is 3.74. The van der Waals surface area contributed by atoms with Crippen LogP contribution in [-0.2, 0) is 6.42 Å². The van der Waals surface area contributed by atoms with Crippen molar-refractivity contribution in [3.63, 3.8) is 0 Å². The first-order chi connectivity index (χ1) is 12.8. The molecule has 0 unspecified atom stereocenters. The fourth-order valence-corrected chi connectivity index (χ4v) is 3.86. The molecule has 1 saturated heterocycles. The first-order valence-electron chi connectivity index (χ1n) is 9.27. The van der Waals surface area contributed by atoms with Crippen LogP contribution in [0.3, 0.4) is 0 Å². The van der Waals surface area contributed by atoms with Gasteiger partial charge in [-0.15, -0.1) is 0 Å². The van der Waals surface area contributed by atoms with E-state index in [0.717, 1.165) is 42.0 Å². The lowest BCUT2D eigenvalue weighted by atomic mass is 9.90. The molecule has 0 aliphatic carbocycles. The van der Waals surface area contributed by atoms with Crippen molar-refractivity contribution in [3.8, 4) is 5.75 Å². The van der Waals surface area contributed by atoms with Crippen LogP contribution in [0.5, 0.6) is 5.75 Å². The lowest BCUT2D eigenvalue weighted by Gasteiger charge is -2.31. The van der Waals surface area contributed by atoms with Crippen molar-refractivity contribution in [1.82, 2.24) is 4.90 Å². The second kappa shape index (κ2) is 8.06. The summed E-state index contributed by atoms with van der Waals surface area (Å²) >= 11 is 5.01. The van der Waals surface area contributed by atoms with Crippen LogP contribution in [0.25, 0.3) is 0 Å². The Bertz CT molecular complexity index is 889. The van der Waals surface area contributed by atoms with Gasteiger partial charge in [0, 0.05) is 12.6 Å². The molecule has 26 heavy (non-hydrogen) atoms. The average molecular weight is 366 g/mol. The monoisotopic (exact) mass is 365 g/mol. The Kier molecular flexibility index (Phi) is 5.37. The highest BCUT2D eigenvalue weighted by Crippen LogP contribution is 2.21. The van der Waals surface area contributed by atoms with Gasteiger partial charge in [0.1, 0.15) is 12.4 Å². The SMILES string of the molecule is S=C1N=c2ccc(OCCN3CCC(Cc4ccccc4)CC3)cc2=N1. The molecular formula is C21H23N3OS. The quantitative estimate of drug-likeness (QED) is 0.739. The van der Waals surface area contributed by atoms with E-state index in [1.54, 1.807) is 0 Å². The summed E-state index contributed by atoms with van der Waals surface area (Å²) in [5, 5.41) is 2.05. The molecule has 0 amide bonds. The fourth-order valence-electron chi connectivity index (χ4n) is 3.66. The number of piperidine rings is 1. The Morgan fingerprint density at radius 2 is 1.77 bits per heavy atom. The topological polar surface area (TPSA) is 37.2 Å². The van der Waals surface area contributed by atoms with Gasteiger partial charge in [-0.25, -0.2) is 9.98 Å². The third-order valence-electron chi connectivity index (χ3n) is 5.13. The Balaban J connectivity index is 1.21. The van der Waals surface area contributed by atoms with Crippen LogP contribution in [0, 0.1) is 5.92 Å². The van der Waals surface area contributed by atoms with Crippen molar-refractivity contribution in [1.29, 1.82) is 0 Å². The molecule has 0 atom stereocenters. The summed E-state index contributed by atoms with van der Waals surface area (Å²) in [5.74, 6) is 1.65. The number of nitrogens with zero attached hydrogens (tertiary/aromatic N) is 3. The zero-order chi connectivity index (χ0) is 17.8. The molecule has 4 rings (SSSR count). The van der Waals surface area contributed by atoms with E-state index in [2.05, 4.69) is 45.2 Å². The molecular weight excluding hydrogens is 342 g/mol. The van der Waals surface area contributed by atoms with E-state index in [1.165, 1.54) is 24.8 Å². The number of benzene rings is 2. The van der Waals surface area contributed by atoms with Crippen LogP contribution in [0.4, 0.5) is 0 Å². The maximum Gasteiger partial charge on any atom is 0.220 e. The van der Waals surface area contributed by atoms with E-state index in [0.29, 0.717) is 11.7 Å². The first kappa shape index (κ1) is 17.3. The molecule has 2 aromatic rings. The fraction of sp³-hybridized carbons (Fsp3) is 0.381. The van der Waals surface area contributed by atoms with Crippen molar-refractivity contribution >= 4 is 17.3 Å². The number of thiocarbonyl (C=S) groups is 1. The van der Waals surface area contributed by atoms with Gasteiger partial charge < -0.3 is 4.74 Å². The Hall–Kier alpha value is -2.11. The maximum absolute atomic E-state index is 5.91. The van der Waals surface area contributed by atoms with Crippen LogP contribution >= 0.6 is 12.2 Å². The highest BCUT2D eigenvalue weighted by molar-refractivity contribution is 7.80. The highest BCUT2D eigenvalue weighted by Gasteiger charge is 2.19. The Labute approximate surface area is 159 Å². The van der Waals surface area contributed by atoms with Gasteiger partial charge in [-0.2, -0.15) is 0 Å². The summed E-state index contributed by atoms with van der Waals surface area (Å²) in [7, 11) is 0. The predicted molar refractivity (Wildman–Crippen MR) is 106 cm³/mol. The molecule has 2 aliphatic heterocycles. The second-order valence-corrected chi connectivity index (χ2v) is 7.35. The molecule has 0 saturated carbocycles. The van der Waals surface area contributed by atoms with Crippen LogP contribution in [0.2, 0.25) is 0 Å². The van der Waals surface area contributed by atoms with Gasteiger partial charge in [0.2, 0.25) is 5.11 Å². The van der Waals surface area contributed by atoms with Gasteiger partial charge in [-0.1, -0.05) is 30.3 Å². The van der Waals surface area contributed by atoms with Gasteiger partial charge in [0.25, 0.3) is 0 Å². The van der Waals surface area contributed by atoms with Crippen molar-refractivity contribution in [2.24, 2.45) is 15.9 Å². The van der Waals surface area contributed by atoms with Crippen LogP contribution in [0.15, 0.2) is 58.5 Å². The van der Waals surface area contributed by atoms with E-state index in [-0.39, 0.29) is 0 Å².